The number of hydrogen-bond acceptors (Lipinski definition) is 4. The van der Waals surface area contributed by atoms with Crippen LogP contribution in [0.15, 0.2) is 41.5 Å². The molecular weight excluding hydrogens is 302 g/mol. The highest BCUT2D eigenvalue weighted by molar-refractivity contribution is 5.77. The predicted molar refractivity (Wildman–Crippen MR) is 92.8 cm³/mol. The number of nitrogens with one attached hydrogen (secondary N) is 1. The normalized spacial score (nSPS) is 18.5. The molecule has 1 aliphatic rings. The molecule has 6 nitrogen and oxygen atoms in total. The first-order valence-electron chi connectivity index (χ1n) is 8.41. The third-order valence-corrected chi connectivity index (χ3v) is 4.77. The molecule has 1 N–H and O–H groups in total. The quantitative estimate of drug-likeness (QED) is 0.798. The van der Waals surface area contributed by atoms with Gasteiger partial charge in [0.25, 0.3) is 5.56 Å². The molecular formula is C18H21N5O. The van der Waals surface area contributed by atoms with Gasteiger partial charge in [-0.25, -0.2) is 4.98 Å². The zero-order valence-electron chi connectivity index (χ0n) is 13.8. The molecule has 0 amide bonds. The summed E-state index contributed by atoms with van der Waals surface area (Å²) in [6.07, 6.45) is 7.16. The minimum Gasteiger partial charge on any atom is -0.310 e. The Morgan fingerprint density at radius 3 is 3.04 bits per heavy atom. The highest BCUT2D eigenvalue weighted by atomic mass is 16.1. The highest BCUT2D eigenvalue weighted by Crippen LogP contribution is 2.31. The van der Waals surface area contributed by atoms with E-state index in [4.69, 9.17) is 0 Å². The Morgan fingerprint density at radius 2 is 2.21 bits per heavy atom. The van der Waals surface area contributed by atoms with E-state index < -0.39 is 0 Å². The molecule has 4 rings (SSSR count). The molecule has 1 aromatic carbocycles. The summed E-state index contributed by atoms with van der Waals surface area (Å²) < 4.78 is 1.86. The molecule has 0 saturated carbocycles. The number of aryl methyl sites for hydroxylation is 1. The number of aromatic nitrogens is 4. The van der Waals surface area contributed by atoms with Gasteiger partial charge in [-0.2, -0.15) is 5.10 Å². The van der Waals surface area contributed by atoms with Crippen LogP contribution in [0.4, 0.5) is 0 Å². The molecule has 2 aromatic heterocycles. The average Bonchev–Trinajstić information content (AvgIpc) is 3.21. The maximum Gasteiger partial charge on any atom is 0.258 e. The number of para-hydroxylation sites is 1. The van der Waals surface area contributed by atoms with Gasteiger partial charge in [0.2, 0.25) is 0 Å². The predicted octanol–water partition coefficient (Wildman–Crippen LogP) is 2.04. The molecule has 1 atom stereocenters. The first-order valence-corrected chi connectivity index (χ1v) is 8.41. The number of rotatable bonds is 4. The number of H-pyrrole nitrogens is 1. The Morgan fingerprint density at radius 1 is 1.33 bits per heavy atom. The fraction of sp³-hybridized carbons (Fsp3) is 0.389. The molecule has 1 saturated heterocycles. The van der Waals surface area contributed by atoms with Crippen LogP contribution in [0.2, 0.25) is 0 Å². The van der Waals surface area contributed by atoms with Crippen LogP contribution in [-0.4, -0.2) is 37.7 Å². The Hall–Kier alpha value is -2.47. The van der Waals surface area contributed by atoms with Crippen molar-refractivity contribution in [3.63, 3.8) is 0 Å². The zero-order chi connectivity index (χ0) is 16.5. The summed E-state index contributed by atoms with van der Waals surface area (Å²) in [5, 5.41) is 4.94. The second-order valence-corrected chi connectivity index (χ2v) is 6.42. The summed E-state index contributed by atoms with van der Waals surface area (Å²) in [6, 6.07) is 7.90. The van der Waals surface area contributed by atoms with E-state index in [1.165, 1.54) is 12.0 Å². The van der Waals surface area contributed by atoms with Gasteiger partial charge in [-0.15, -0.1) is 0 Å². The molecule has 24 heavy (non-hydrogen) atoms. The molecule has 6 heteroatoms. The molecule has 0 aliphatic carbocycles. The van der Waals surface area contributed by atoms with Crippen LogP contribution < -0.4 is 5.56 Å². The van der Waals surface area contributed by atoms with E-state index in [1.807, 2.05) is 42.2 Å². The van der Waals surface area contributed by atoms with Crippen LogP contribution in [-0.2, 0) is 13.5 Å². The van der Waals surface area contributed by atoms with Gasteiger partial charge in [0.05, 0.1) is 17.1 Å². The SMILES string of the molecule is Cn1cc([C@@H]2CCCN2CCc2nc3ccccc3c(=O)[nH]2)cn1. The lowest BCUT2D eigenvalue weighted by Gasteiger charge is -2.23. The summed E-state index contributed by atoms with van der Waals surface area (Å²) in [5.41, 5.74) is 1.98. The van der Waals surface area contributed by atoms with Crippen LogP contribution in [0.1, 0.15) is 30.3 Å². The molecule has 0 bridgehead atoms. The van der Waals surface area contributed by atoms with Crippen molar-refractivity contribution in [2.75, 3.05) is 13.1 Å². The van der Waals surface area contributed by atoms with Gasteiger partial charge in [0.1, 0.15) is 5.82 Å². The molecule has 0 radical (unpaired) electrons. The molecule has 1 fully saturated rings. The number of aromatic amines is 1. The Labute approximate surface area is 140 Å². The van der Waals surface area contributed by atoms with Crippen LogP contribution in [0.5, 0.6) is 0 Å². The lowest BCUT2D eigenvalue weighted by Crippen LogP contribution is -2.26. The number of nitrogens with zero attached hydrogens (tertiary/aromatic N) is 4. The monoisotopic (exact) mass is 323 g/mol. The van der Waals surface area contributed by atoms with Crippen molar-refractivity contribution in [3.05, 3.63) is 58.4 Å². The number of benzene rings is 1. The van der Waals surface area contributed by atoms with E-state index in [2.05, 4.69) is 26.2 Å². The summed E-state index contributed by atoms with van der Waals surface area (Å²) in [6.45, 7) is 1.97. The van der Waals surface area contributed by atoms with Crippen LogP contribution in [0.25, 0.3) is 10.9 Å². The minimum atomic E-state index is -0.0548. The summed E-state index contributed by atoms with van der Waals surface area (Å²) in [5.74, 6) is 0.760. The van der Waals surface area contributed by atoms with E-state index in [-0.39, 0.29) is 5.56 Å². The third-order valence-electron chi connectivity index (χ3n) is 4.77. The van der Waals surface area contributed by atoms with Crippen molar-refractivity contribution in [2.24, 2.45) is 7.05 Å². The third kappa shape index (κ3) is 2.85. The van der Waals surface area contributed by atoms with Crippen LogP contribution in [0, 0.1) is 0 Å². The minimum absolute atomic E-state index is 0.0548. The molecule has 0 spiro atoms. The van der Waals surface area contributed by atoms with Crippen molar-refractivity contribution < 1.29 is 0 Å². The first-order chi connectivity index (χ1) is 11.7. The summed E-state index contributed by atoms with van der Waals surface area (Å²) >= 11 is 0. The van der Waals surface area contributed by atoms with Crippen molar-refractivity contribution in [3.8, 4) is 0 Å². The van der Waals surface area contributed by atoms with E-state index in [0.29, 0.717) is 11.4 Å². The Balaban J connectivity index is 1.51. The molecule has 0 unspecified atom stereocenters. The van der Waals surface area contributed by atoms with Crippen molar-refractivity contribution >= 4 is 10.9 Å². The number of hydrogen-bond donors (Lipinski definition) is 1. The number of likely N-dealkylation sites (tertiary alicyclic amines) is 1. The summed E-state index contributed by atoms with van der Waals surface area (Å²) in [7, 11) is 1.95. The van der Waals surface area contributed by atoms with Crippen molar-refractivity contribution in [1.29, 1.82) is 0 Å². The summed E-state index contributed by atoms with van der Waals surface area (Å²) in [4.78, 5) is 22.2. The zero-order valence-corrected chi connectivity index (χ0v) is 13.8. The first kappa shape index (κ1) is 15.1. The highest BCUT2D eigenvalue weighted by Gasteiger charge is 2.26. The lowest BCUT2D eigenvalue weighted by molar-refractivity contribution is 0.259. The van der Waals surface area contributed by atoms with Gasteiger partial charge in [0, 0.05) is 37.8 Å². The van der Waals surface area contributed by atoms with Gasteiger partial charge >= 0.3 is 0 Å². The number of fused-ring (bicyclic) bond motifs is 1. The fourth-order valence-corrected chi connectivity index (χ4v) is 3.59. The van der Waals surface area contributed by atoms with Gasteiger partial charge in [0.15, 0.2) is 0 Å². The largest absolute Gasteiger partial charge is 0.310 e. The van der Waals surface area contributed by atoms with Gasteiger partial charge in [-0.1, -0.05) is 12.1 Å². The van der Waals surface area contributed by atoms with Gasteiger partial charge in [-0.3, -0.25) is 14.4 Å². The van der Waals surface area contributed by atoms with Crippen molar-refractivity contribution in [2.45, 2.75) is 25.3 Å². The van der Waals surface area contributed by atoms with Crippen molar-refractivity contribution in [1.82, 2.24) is 24.6 Å². The molecule has 124 valence electrons. The van der Waals surface area contributed by atoms with E-state index in [0.717, 1.165) is 37.3 Å². The van der Waals surface area contributed by atoms with Crippen LogP contribution in [0.3, 0.4) is 0 Å². The fourth-order valence-electron chi connectivity index (χ4n) is 3.59. The maximum atomic E-state index is 12.2. The standard InChI is InChI=1S/C18H21N5O/c1-22-12-13(11-19-22)16-7-4-9-23(16)10-8-17-20-15-6-3-2-5-14(15)18(24)21-17/h2-3,5-6,11-12,16H,4,7-10H2,1H3,(H,20,21,24)/t16-/m0/s1. The lowest BCUT2D eigenvalue weighted by atomic mass is 10.1. The molecule has 3 aromatic rings. The Kier molecular flexibility index (Phi) is 3.90. The van der Waals surface area contributed by atoms with E-state index in [1.54, 1.807) is 0 Å². The topological polar surface area (TPSA) is 66.8 Å². The smallest absolute Gasteiger partial charge is 0.258 e. The van der Waals surface area contributed by atoms with E-state index >= 15 is 0 Å². The average molecular weight is 323 g/mol. The second-order valence-electron chi connectivity index (χ2n) is 6.42. The van der Waals surface area contributed by atoms with E-state index in [9.17, 15) is 4.79 Å². The second kappa shape index (κ2) is 6.20. The van der Waals surface area contributed by atoms with Gasteiger partial charge in [-0.05, 0) is 31.5 Å². The Bertz CT molecular complexity index is 913. The van der Waals surface area contributed by atoms with Gasteiger partial charge < -0.3 is 4.98 Å². The maximum absolute atomic E-state index is 12.2. The molecule has 1 aliphatic heterocycles. The molecule has 3 heterocycles. The van der Waals surface area contributed by atoms with Crippen LogP contribution >= 0.6 is 0 Å².